The summed E-state index contributed by atoms with van der Waals surface area (Å²) in [6.45, 7) is 4.83. The van der Waals surface area contributed by atoms with Gasteiger partial charge in [0.25, 0.3) is 0 Å². The van der Waals surface area contributed by atoms with E-state index in [1.165, 1.54) is 45.1 Å². The van der Waals surface area contributed by atoms with Gasteiger partial charge in [0.1, 0.15) is 0 Å². The number of rotatable bonds is 5. The molecule has 3 N–H and O–H groups in total. The quantitative estimate of drug-likeness (QED) is 0.789. The van der Waals surface area contributed by atoms with Gasteiger partial charge in [0.15, 0.2) is 0 Å². The van der Waals surface area contributed by atoms with Crippen LogP contribution in [0.3, 0.4) is 0 Å². The summed E-state index contributed by atoms with van der Waals surface area (Å²) in [4.78, 5) is 2.74. The highest BCUT2D eigenvalue weighted by Gasteiger charge is 2.37. The predicted molar refractivity (Wildman–Crippen MR) is 75.4 cm³/mol. The number of likely N-dealkylation sites (tertiary alicyclic amines) is 1. The monoisotopic (exact) mass is 254 g/mol. The van der Waals surface area contributed by atoms with Crippen molar-refractivity contribution in [1.82, 2.24) is 4.90 Å². The molecule has 1 saturated carbocycles. The lowest BCUT2D eigenvalue weighted by atomic mass is 9.78. The van der Waals surface area contributed by atoms with Crippen LogP contribution in [-0.4, -0.2) is 41.8 Å². The van der Waals surface area contributed by atoms with E-state index in [4.69, 9.17) is 10.8 Å². The van der Waals surface area contributed by atoms with Gasteiger partial charge in [0.2, 0.25) is 0 Å². The molecule has 0 aromatic rings. The van der Waals surface area contributed by atoms with Crippen LogP contribution < -0.4 is 5.73 Å². The second kappa shape index (κ2) is 6.88. The largest absolute Gasteiger partial charge is 0.396 e. The molecule has 0 aromatic heterocycles. The minimum atomic E-state index is 0.339. The third kappa shape index (κ3) is 3.25. The summed E-state index contributed by atoms with van der Waals surface area (Å²) in [5.74, 6) is 1.56. The first-order valence-electron chi connectivity index (χ1n) is 7.83. The van der Waals surface area contributed by atoms with Gasteiger partial charge in [-0.3, -0.25) is 4.90 Å². The Morgan fingerprint density at radius 1 is 1.28 bits per heavy atom. The van der Waals surface area contributed by atoms with E-state index < -0.39 is 0 Å². The average molecular weight is 254 g/mol. The molecule has 2 fully saturated rings. The summed E-state index contributed by atoms with van der Waals surface area (Å²) in [7, 11) is 0. The topological polar surface area (TPSA) is 49.5 Å². The molecule has 3 nitrogen and oxygen atoms in total. The van der Waals surface area contributed by atoms with E-state index in [2.05, 4.69) is 11.8 Å². The van der Waals surface area contributed by atoms with E-state index >= 15 is 0 Å². The van der Waals surface area contributed by atoms with Gasteiger partial charge in [-0.1, -0.05) is 13.3 Å². The first kappa shape index (κ1) is 14.3. The zero-order chi connectivity index (χ0) is 13.0. The number of hydrogen-bond donors (Lipinski definition) is 2. The number of aliphatic hydroxyl groups excluding tert-OH is 1. The lowest BCUT2D eigenvalue weighted by Gasteiger charge is -2.42. The van der Waals surface area contributed by atoms with Crippen molar-refractivity contribution in [1.29, 1.82) is 0 Å². The Kier molecular flexibility index (Phi) is 5.46. The van der Waals surface area contributed by atoms with E-state index in [0.29, 0.717) is 24.6 Å². The summed E-state index contributed by atoms with van der Waals surface area (Å²) < 4.78 is 0. The van der Waals surface area contributed by atoms with Crippen molar-refractivity contribution in [2.75, 3.05) is 19.7 Å². The van der Waals surface area contributed by atoms with Crippen LogP contribution in [0.2, 0.25) is 0 Å². The first-order valence-corrected chi connectivity index (χ1v) is 7.83. The fourth-order valence-corrected chi connectivity index (χ4v) is 4.03. The number of aliphatic hydroxyl groups is 1. The third-order valence-corrected chi connectivity index (χ3v) is 5.07. The second-order valence-electron chi connectivity index (χ2n) is 6.38. The van der Waals surface area contributed by atoms with Crippen LogP contribution in [0.25, 0.3) is 0 Å². The minimum Gasteiger partial charge on any atom is -0.396 e. The summed E-state index contributed by atoms with van der Waals surface area (Å²) in [5.41, 5.74) is 5.99. The highest BCUT2D eigenvalue weighted by atomic mass is 16.2. The molecule has 1 aliphatic heterocycles. The van der Waals surface area contributed by atoms with Crippen molar-refractivity contribution in [2.24, 2.45) is 17.6 Å². The normalized spacial score (nSPS) is 38.2. The van der Waals surface area contributed by atoms with Gasteiger partial charge >= 0.3 is 0 Å². The van der Waals surface area contributed by atoms with E-state index in [9.17, 15) is 0 Å². The molecular weight excluding hydrogens is 224 g/mol. The molecule has 106 valence electrons. The maximum atomic E-state index is 9.02. The van der Waals surface area contributed by atoms with Gasteiger partial charge in [-0.2, -0.15) is 0 Å². The molecule has 0 amide bonds. The smallest absolute Gasteiger partial charge is 0.0431 e. The van der Waals surface area contributed by atoms with Crippen LogP contribution in [0.4, 0.5) is 0 Å². The fourth-order valence-electron chi connectivity index (χ4n) is 4.03. The van der Waals surface area contributed by atoms with E-state index in [1.807, 2.05) is 0 Å². The van der Waals surface area contributed by atoms with Crippen molar-refractivity contribution in [3.8, 4) is 0 Å². The highest BCUT2D eigenvalue weighted by molar-refractivity contribution is 4.92. The fraction of sp³-hybridized carbons (Fsp3) is 1.00. The Morgan fingerprint density at radius 3 is 2.83 bits per heavy atom. The zero-order valence-electron chi connectivity index (χ0n) is 11.9. The SMILES string of the molecule is CC1CCC(CN)C(N2CCCC2CCCO)C1. The lowest BCUT2D eigenvalue weighted by molar-refractivity contribution is 0.0700. The van der Waals surface area contributed by atoms with Gasteiger partial charge in [0, 0.05) is 18.7 Å². The molecule has 18 heavy (non-hydrogen) atoms. The van der Waals surface area contributed by atoms with Crippen molar-refractivity contribution in [2.45, 2.75) is 64.0 Å². The van der Waals surface area contributed by atoms with Crippen molar-refractivity contribution >= 4 is 0 Å². The molecule has 4 unspecified atom stereocenters. The maximum absolute atomic E-state index is 9.02. The molecule has 0 radical (unpaired) electrons. The van der Waals surface area contributed by atoms with Crippen LogP contribution >= 0.6 is 0 Å². The van der Waals surface area contributed by atoms with Crippen molar-refractivity contribution in [3.63, 3.8) is 0 Å². The number of nitrogens with zero attached hydrogens (tertiary/aromatic N) is 1. The summed E-state index contributed by atoms with van der Waals surface area (Å²) in [5, 5.41) is 9.02. The minimum absolute atomic E-state index is 0.339. The van der Waals surface area contributed by atoms with Crippen LogP contribution in [0.15, 0.2) is 0 Å². The van der Waals surface area contributed by atoms with Crippen LogP contribution in [-0.2, 0) is 0 Å². The van der Waals surface area contributed by atoms with Gasteiger partial charge in [0.05, 0.1) is 0 Å². The Balaban J connectivity index is 1.97. The summed E-state index contributed by atoms with van der Waals surface area (Å²) in [6.07, 6.45) is 8.77. The Hall–Kier alpha value is -0.120. The molecule has 0 aromatic carbocycles. The summed E-state index contributed by atoms with van der Waals surface area (Å²) >= 11 is 0. The van der Waals surface area contributed by atoms with Crippen LogP contribution in [0.1, 0.15) is 51.9 Å². The van der Waals surface area contributed by atoms with Crippen molar-refractivity contribution in [3.05, 3.63) is 0 Å². The Labute approximate surface area is 112 Å². The molecule has 4 atom stereocenters. The highest BCUT2D eigenvalue weighted by Crippen LogP contribution is 2.36. The number of nitrogens with two attached hydrogens (primary N) is 1. The van der Waals surface area contributed by atoms with Gasteiger partial charge in [-0.15, -0.1) is 0 Å². The van der Waals surface area contributed by atoms with E-state index in [-0.39, 0.29) is 0 Å². The van der Waals surface area contributed by atoms with Gasteiger partial charge in [-0.05, 0) is 63.5 Å². The molecule has 2 aliphatic rings. The molecular formula is C15H30N2O. The maximum Gasteiger partial charge on any atom is 0.0431 e. The average Bonchev–Trinajstić information content (AvgIpc) is 2.84. The van der Waals surface area contributed by atoms with Crippen LogP contribution in [0, 0.1) is 11.8 Å². The van der Waals surface area contributed by atoms with Crippen LogP contribution in [0.5, 0.6) is 0 Å². The molecule has 1 saturated heterocycles. The molecule has 0 bridgehead atoms. The molecule has 1 heterocycles. The first-order chi connectivity index (χ1) is 8.76. The predicted octanol–water partition coefficient (Wildman–Crippen LogP) is 1.99. The Bertz CT molecular complexity index is 247. The van der Waals surface area contributed by atoms with Crippen molar-refractivity contribution < 1.29 is 5.11 Å². The molecule has 0 spiro atoms. The standard InChI is InChI=1S/C15H30N2O/c1-12-6-7-13(11-16)15(10-12)17-8-2-4-14(17)5-3-9-18/h12-15,18H,2-11,16H2,1H3. The zero-order valence-corrected chi connectivity index (χ0v) is 11.9. The third-order valence-electron chi connectivity index (χ3n) is 5.07. The molecule has 2 rings (SSSR count). The molecule has 3 heteroatoms. The Morgan fingerprint density at radius 2 is 2.11 bits per heavy atom. The van der Waals surface area contributed by atoms with E-state index in [1.54, 1.807) is 0 Å². The van der Waals surface area contributed by atoms with Gasteiger partial charge < -0.3 is 10.8 Å². The number of hydrogen-bond acceptors (Lipinski definition) is 3. The summed E-state index contributed by atoms with van der Waals surface area (Å²) in [6, 6.07) is 1.42. The lowest BCUT2D eigenvalue weighted by Crippen LogP contribution is -2.48. The van der Waals surface area contributed by atoms with Gasteiger partial charge in [-0.25, -0.2) is 0 Å². The molecule has 1 aliphatic carbocycles. The van der Waals surface area contributed by atoms with E-state index in [0.717, 1.165) is 18.9 Å². The second-order valence-corrected chi connectivity index (χ2v) is 6.38.